The van der Waals surface area contributed by atoms with E-state index in [9.17, 15) is 9.18 Å². The first-order chi connectivity index (χ1) is 22.4. The van der Waals surface area contributed by atoms with Crippen LogP contribution in [0, 0.1) is 5.82 Å². The van der Waals surface area contributed by atoms with Crippen molar-refractivity contribution in [3.05, 3.63) is 34.9 Å². The number of hydrogen-bond acceptors (Lipinski definition) is 10. The van der Waals surface area contributed by atoms with Gasteiger partial charge in [0.2, 0.25) is 0 Å². The minimum absolute atomic E-state index is 0.00380. The van der Waals surface area contributed by atoms with E-state index in [1.807, 2.05) is 4.90 Å². The molecule has 5 aliphatic heterocycles. The highest BCUT2D eigenvalue weighted by Crippen LogP contribution is 2.42. The number of ether oxygens (including phenoxy) is 3. The topological polar surface area (TPSA) is 119 Å². The van der Waals surface area contributed by atoms with Crippen molar-refractivity contribution in [2.75, 3.05) is 44.3 Å². The van der Waals surface area contributed by atoms with Crippen LogP contribution in [0.15, 0.2) is 18.5 Å². The first-order valence-electron chi connectivity index (χ1n) is 16.0. The van der Waals surface area contributed by atoms with Gasteiger partial charge in [-0.3, -0.25) is 15.0 Å². The molecule has 1 aromatic carbocycles. The zero-order valence-electron chi connectivity index (χ0n) is 25.2. The molecular formula is C32H34ClF2N7O4. The average molecular weight is 654 g/mol. The maximum absolute atomic E-state index is 17.0. The van der Waals surface area contributed by atoms with Gasteiger partial charge in [0, 0.05) is 41.7 Å². The molecule has 6 bridgehead atoms. The van der Waals surface area contributed by atoms with Crippen LogP contribution in [0.2, 0.25) is 5.02 Å². The number of nitrogens with one attached hydrogen (secondary N) is 1. The van der Waals surface area contributed by atoms with Gasteiger partial charge in [0.1, 0.15) is 35.9 Å². The Bertz CT molecular complexity index is 1820. The van der Waals surface area contributed by atoms with E-state index in [-0.39, 0.29) is 30.4 Å². The van der Waals surface area contributed by atoms with Crippen molar-refractivity contribution in [3.63, 3.8) is 0 Å². The fraction of sp³-hybridized carbons (Fsp3) is 0.531. The summed E-state index contributed by atoms with van der Waals surface area (Å²) in [5.74, 6) is -0.201. The molecule has 0 amide bonds. The number of halogens is 3. The number of carbonyl (C=O) groups is 1. The van der Waals surface area contributed by atoms with Gasteiger partial charge in [-0.1, -0.05) is 11.6 Å². The third-order valence-electron chi connectivity index (χ3n) is 9.89. The van der Waals surface area contributed by atoms with Crippen molar-refractivity contribution < 1.29 is 27.8 Å². The first kappa shape index (κ1) is 29.6. The Labute approximate surface area is 268 Å². The Balaban J connectivity index is 1.30. The molecule has 0 aliphatic carbocycles. The van der Waals surface area contributed by atoms with Crippen molar-refractivity contribution in [2.24, 2.45) is 0 Å². The summed E-state index contributed by atoms with van der Waals surface area (Å²) in [6, 6.07) is 1.75. The molecule has 1 N–H and O–H groups in total. The van der Waals surface area contributed by atoms with Crippen LogP contribution in [-0.4, -0.2) is 93.4 Å². The smallest absolute Gasteiger partial charge is 0.461 e. The lowest BCUT2D eigenvalue weighted by atomic mass is 9.95. The first-order valence-corrected chi connectivity index (χ1v) is 16.4. The van der Waals surface area contributed by atoms with Crippen LogP contribution in [0.1, 0.15) is 50.5 Å². The number of alkyl halides is 1. The van der Waals surface area contributed by atoms with Gasteiger partial charge in [0.15, 0.2) is 5.82 Å². The zero-order valence-corrected chi connectivity index (χ0v) is 26.0. The van der Waals surface area contributed by atoms with Gasteiger partial charge in [-0.25, -0.2) is 13.6 Å². The number of pyridine rings is 1. The van der Waals surface area contributed by atoms with Gasteiger partial charge >= 0.3 is 12.2 Å². The molecule has 242 valence electrons. The predicted octanol–water partition coefficient (Wildman–Crippen LogP) is 5.77. The van der Waals surface area contributed by atoms with E-state index in [0.29, 0.717) is 83.6 Å². The molecular weight excluding hydrogens is 620 g/mol. The summed E-state index contributed by atoms with van der Waals surface area (Å²) < 4.78 is 49.0. The van der Waals surface area contributed by atoms with Gasteiger partial charge < -0.3 is 19.1 Å². The van der Waals surface area contributed by atoms with E-state index in [2.05, 4.69) is 25.1 Å². The standard InChI is InChI=1S/C32H34ClF2N7O4/c33-23-11-24-21(14-37-40-24)25-20(23)6-3-10-44-31(43)46-19-5-1-2-8-41(16-19)29-22-13-36-28(25)26(35)27(22)38-30(39-29)45-17-32-7-4-9-42(32)15-18(34)12-32/h11,13-14,18-19H,1-10,12,15-17H2,(H,37,40)/t18-,19-,32+/m1/s1. The Morgan fingerprint density at radius 2 is 2.04 bits per heavy atom. The maximum atomic E-state index is 17.0. The number of anilines is 1. The number of H-pyrrole nitrogens is 1. The lowest BCUT2D eigenvalue weighted by molar-refractivity contribution is 0.0234. The third kappa shape index (κ3) is 5.17. The van der Waals surface area contributed by atoms with E-state index in [0.717, 1.165) is 32.2 Å². The molecule has 0 spiro atoms. The molecule has 14 heteroatoms. The Morgan fingerprint density at radius 1 is 1.13 bits per heavy atom. The molecule has 3 aromatic heterocycles. The molecule has 5 aliphatic rings. The molecule has 11 nitrogen and oxygen atoms in total. The highest BCUT2D eigenvalue weighted by atomic mass is 35.5. The minimum atomic E-state index is -0.915. The van der Waals surface area contributed by atoms with E-state index in [4.69, 9.17) is 30.8 Å². The lowest BCUT2D eigenvalue weighted by Crippen LogP contribution is -2.43. The molecule has 3 fully saturated rings. The van der Waals surface area contributed by atoms with Crippen LogP contribution in [-0.2, 0) is 15.9 Å². The third-order valence-corrected chi connectivity index (χ3v) is 10.2. The summed E-state index contributed by atoms with van der Waals surface area (Å²) in [4.78, 5) is 30.9. The largest absolute Gasteiger partial charge is 0.508 e. The summed E-state index contributed by atoms with van der Waals surface area (Å²) in [7, 11) is 0. The number of hydrogen-bond donors (Lipinski definition) is 1. The van der Waals surface area contributed by atoms with E-state index in [1.54, 1.807) is 18.5 Å². The number of nitrogens with zero attached hydrogens (tertiary/aromatic N) is 6. The molecule has 9 rings (SSSR count). The van der Waals surface area contributed by atoms with Crippen LogP contribution in [0.3, 0.4) is 0 Å². The minimum Gasteiger partial charge on any atom is -0.461 e. The normalized spacial score (nSPS) is 25.5. The fourth-order valence-electron chi connectivity index (χ4n) is 7.73. The van der Waals surface area contributed by atoms with Crippen molar-refractivity contribution in [1.29, 1.82) is 0 Å². The van der Waals surface area contributed by atoms with Gasteiger partial charge in [0.05, 0.1) is 35.8 Å². The summed E-state index contributed by atoms with van der Waals surface area (Å²) in [6.07, 6.45) is 6.38. The fourth-order valence-corrected chi connectivity index (χ4v) is 8.03. The molecule has 0 saturated carbocycles. The van der Waals surface area contributed by atoms with Crippen molar-refractivity contribution in [3.8, 4) is 17.3 Å². The summed E-state index contributed by atoms with van der Waals surface area (Å²) in [5.41, 5.74) is 1.46. The number of carbonyl (C=O) groups excluding carboxylic acids is 1. The predicted molar refractivity (Wildman–Crippen MR) is 167 cm³/mol. The van der Waals surface area contributed by atoms with Crippen LogP contribution in [0.25, 0.3) is 33.1 Å². The number of rotatable bonds is 3. The Hall–Kier alpha value is -3.84. The molecule has 46 heavy (non-hydrogen) atoms. The van der Waals surface area contributed by atoms with Crippen LogP contribution in [0.5, 0.6) is 6.01 Å². The van der Waals surface area contributed by atoms with Crippen LogP contribution >= 0.6 is 11.6 Å². The van der Waals surface area contributed by atoms with Gasteiger partial charge in [-0.15, -0.1) is 0 Å². The van der Waals surface area contributed by atoms with Crippen LogP contribution < -0.4 is 9.64 Å². The molecule has 3 saturated heterocycles. The number of benzene rings is 1. The maximum Gasteiger partial charge on any atom is 0.508 e. The second-order valence-corrected chi connectivity index (χ2v) is 13.2. The number of aromatic amines is 1. The second-order valence-electron chi connectivity index (χ2n) is 12.8. The molecule has 0 unspecified atom stereocenters. The highest BCUT2D eigenvalue weighted by Gasteiger charge is 2.49. The van der Waals surface area contributed by atoms with Crippen molar-refractivity contribution >= 4 is 45.4 Å². The summed E-state index contributed by atoms with van der Waals surface area (Å²) >= 11 is 6.76. The second kappa shape index (κ2) is 11.8. The molecule has 3 atom stereocenters. The van der Waals surface area contributed by atoms with Crippen molar-refractivity contribution in [1.82, 2.24) is 30.0 Å². The summed E-state index contributed by atoms with van der Waals surface area (Å²) in [6.45, 7) is 2.44. The van der Waals surface area contributed by atoms with E-state index >= 15 is 4.39 Å². The molecule has 4 aromatic rings. The van der Waals surface area contributed by atoms with Gasteiger partial charge in [-0.05, 0) is 63.1 Å². The average Bonchev–Trinajstić information content (AvgIpc) is 3.68. The Kier molecular flexibility index (Phi) is 7.55. The quantitative estimate of drug-likeness (QED) is 0.273. The number of aromatic nitrogens is 5. The number of fused-ring (bicyclic) bond motifs is 8. The SMILES string of the molecule is O=C1OCCCc2c(Cl)cc3[nH]ncc3c2-c2ncc3c(nc(OC[C@@]45CCCN4C[C@H](F)C5)nc3c2F)N2CCCC[C@H](C2)O1. The lowest BCUT2D eigenvalue weighted by Gasteiger charge is -2.31. The summed E-state index contributed by atoms with van der Waals surface area (Å²) in [5, 5.41) is 8.55. The molecule has 8 heterocycles. The molecule has 0 radical (unpaired) electrons. The van der Waals surface area contributed by atoms with E-state index in [1.165, 1.54) is 0 Å². The van der Waals surface area contributed by atoms with Crippen molar-refractivity contribution in [2.45, 2.75) is 69.2 Å². The van der Waals surface area contributed by atoms with Gasteiger partial charge in [0.25, 0.3) is 0 Å². The van der Waals surface area contributed by atoms with Gasteiger partial charge in [-0.2, -0.15) is 15.1 Å². The Morgan fingerprint density at radius 3 is 2.96 bits per heavy atom. The zero-order chi connectivity index (χ0) is 31.4. The highest BCUT2D eigenvalue weighted by molar-refractivity contribution is 6.33. The monoisotopic (exact) mass is 653 g/mol. The van der Waals surface area contributed by atoms with Crippen LogP contribution in [0.4, 0.5) is 19.4 Å². The van der Waals surface area contributed by atoms with E-state index < -0.39 is 29.8 Å².